The summed E-state index contributed by atoms with van der Waals surface area (Å²) in [5.74, 6) is 0. The molecule has 2 nitrogen and oxygen atoms in total. The third-order valence-corrected chi connectivity index (χ3v) is 4.13. The largest absolute Gasteiger partial charge is 0.315 e. The van der Waals surface area contributed by atoms with Crippen molar-refractivity contribution >= 4 is 27.0 Å². The van der Waals surface area contributed by atoms with Crippen LogP contribution < -0.4 is 0 Å². The summed E-state index contributed by atoms with van der Waals surface area (Å²) in [6.45, 7) is 2.13. The highest BCUT2D eigenvalue weighted by atomic mass is 79.9. The number of nitrogens with zero attached hydrogens (tertiary/aromatic N) is 2. The van der Waals surface area contributed by atoms with Gasteiger partial charge in [0.15, 0.2) is 4.73 Å². The smallest absolute Gasteiger partial charge is 0.178 e. The summed E-state index contributed by atoms with van der Waals surface area (Å²) in [7, 11) is 0. The van der Waals surface area contributed by atoms with E-state index < -0.39 is 0 Å². The first kappa shape index (κ1) is 10.3. The van der Waals surface area contributed by atoms with E-state index in [1.165, 1.54) is 36.8 Å². The second kappa shape index (κ2) is 3.88. The molecule has 0 radical (unpaired) electrons. The fraction of sp³-hybridized carbons (Fsp3) is 0.462. The van der Waals surface area contributed by atoms with Gasteiger partial charge in [-0.15, -0.1) is 0 Å². The molecule has 0 N–H and O–H groups in total. The first-order valence-corrected chi connectivity index (χ1v) is 6.70. The van der Waals surface area contributed by atoms with E-state index >= 15 is 0 Å². The zero-order valence-corrected chi connectivity index (χ0v) is 11.0. The summed E-state index contributed by atoms with van der Waals surface area (Å²) in [5, 5.41) is 0. The van der Waals surface area contributed by atoms with Gasteiger partial charge in [-0.1, -0.05) is 25.0 Å². The second-order valence-electron chi connectivity index (χ2n) is 4.63. The van der Waals surface area contributed by atoms with Gasteiger partial charge in [-0.05, 0) is 47.3 Å². The average Bonchev–Trinajstić information content (AvgIpc) is 2.85. The fourth-order valence-corrected chi connectivity index (χ4v) is 3.40. The summed E-state index contributed by atoms with van der Waals surface area (Å²) in [6.07, 6.45) is 5.28. The number of imidazole rings is 1. The molecule has 0 spiro atoms. The number of halogens is 1. The van der Waals surface area contributed by atoms with Gasteiger partial charge in [-0.25, -0.2) is 4.98 Å². The number of rotatable bonds is 1. The van der Waals surface area contributed by atoms with E-state index in [2.05, 4.69) is 50.6 Å². The summed E-state index contributed by atoms with van der Waals surface area (Å²) in [5.41, 5.74) is 3.68. The van der Waals surface area contributed by atoms with Crippen molar-refractivity contribution in [3.05, 3.63) is 28.5 Å². The molecular weight excluding hydrogens is 264 g/mol. The summed E-state index contributed by atoms with van der Waals surface area (Å²) >= 11 is 3.61. The Morgan fingerprint density at radius 2 is 2.06 bits per heavy atom. The lowest BCUT2D eigenvalue weighted by molar-refractivity contribution is 0.522. The van der Waals surface area contributed by atoms with Crippen LogP contribution >= 0.6 is 15.9 Å². The van der Waals surface area contributed by atoms with E-state index in [0.29, 0.717) is 6.04 Å². The van der Waals surface area contributed by atoms with E-state index in [1.807, 2.05) is 0 Å². The number of aryl methyl sites for hydroxylation is 1. The van der Waals surface area contributed by atoms with Gasteiger partial charge in [-0.3, -0.25) is 0 Å². The molecule has 0 amide bonds. The van der Waals surface area contributed by atoms with Crippen molar-refractivity contribution in [3.8, 4) is 0 Å². The lowest BCUT2D eigenvalue weighted by Gasteiger charge is -2.13. The van der Waals surface area contributed by atoms with Gasteiger partial charge in [0.1, 0.15) is 0 Å². The van der Waals surface area contributed by atoms with Crippen LogP contribution in [0.5, 0.6) is 0 Å². The van der Waals surface area contributed by atoms with Crippen molar-refractivity contribution in [2.24, 2.45) is 0 Å². The molecule has 1 saturated carbocycles. The van der Waals surface area contributed by atoms with Gasteiger partial charge in [0, 0.05) is 6.04 Å². The Kier molecular flexibility index (Phi) is 2.51. The number of para-hydroxylation sites is 1. The molecule has 1 heterocycles. The Labute approximate surface area is 104 Å². The molecule has 3 heteroatoms. The monoisotopic (exact) mass is 278 g/mol. The summed E-state index contributed by atoms with van der Waals surface area (Å²) in [6, 6.07) is 7.07. The van der Waals surface area contributed by atoms with Gasteiger partial charge >= 0.3 is 0 Å². The van der Waals surface area contributed by atoms with Crippen LogP contribution in [0.4, 0.5) is 0 Å². The topological polar surface area (TPSA) is 17.8 Å². The molecule has 1 aromatic carbocycles. The Hall–Kier alpha value is -0.830. The normalized spacial score (nSPS) is 17.4. The van der Waals surface area contributed by atoms with Crippen molar-refractivity contribution in [2.45, 2.75) is 38.6 Å². The third-order valence-electron chi connectivity index (χ3n) is 3.57. The van der Waals surface area contributed by atoms with Crippen molar-refractivity contribution in [3.63, 3.8) is 0 Å². The maximum Gasteiger partial charge on any atom is 0.178 e. The summed E-state index contributed by atoms with van der Waals surface area (Å²) < 4.78 is 3.36. The first-order chi connectivity index (χ1) is 7.77. The Bertz CT molecular complexity index is 524. The zero-order chi connectivity index (χ0) is 11.1. The third kappa shape index (κ3) is 1.49. The fourth-order valence-electron chi connectivity index (χ4n) is 2.74. The highest BCUT2D eigenvalue weighted by Crippen LogP contribution is 2.35. The number of benzene rings is 1. The quantitative estimate of drug-likeness (QED) is 0.764. The molecule has 84 valence electrons. The van der Waals surface area contributed by atoms with Crippen LogP contribution in [0.3, 0.4) is 0 Å². The van der Waals surface area contributed by atoms with Crippen LogP contribution in [-0.2, 0) is 0 Å². The number of hydrogen-bond acceptors (Lipinski definition) is 1. The molecule has 1 aliphatic carbocycles. The standard InChI is InChI=1S/C13H15BrN2/c1-9-5-4-8-11-12(9)15-13(14)16(11)10-6-2-3-7-10/h4-5,8,10H,2-3,6-7H2,1H3. The van der Waals surface area contributed by atoms with Crippen molar-refractivity contribution in [1.29, 1.82) is 0 Å². The molecule has 16 heavy (non-hydrogen) atoms. The number of fused-ring (bicyclic) bond motifs is 1. The van der Waals surface area contributed by atoms with Gasteiger partial charge in [0.2, 0.25) is 0 Å². The molecule has 0 aliphatic heterocycles. The van der Waals surface area contributed by atoms with Crippen LogP contribution in [0.25, 0.3) is 11.0 Å². The molecule has 1 aliphatic rings. The maximum absolute atomic E-state index is 4.64. The van der Waals surface area contributed by atoms with E-state index in [4.69, 9.17) is 0 Å². The van der Waals surface area contributed by atoms with Gasteiger partial charge < -0.3 is 4.57 Å². The average molecular weight is 279 g/mol. The van der Waals surface area contributed by atoms with E-state index in [9.17, 15) is 0 Å². The molecule has 0 unspecified atom stereocenters. The van der Waals surface area contributed by atoms with Crippen LogP contribution in [0.15, 0.2) is 22.9 Å². The molecule has 1 fully saturated rings. The van der Waals surface area contributed by atoms with E-state index in [0.717, 1.165) is 10.3 Å². The zero-order valence-electron chi connectivity index (χ0n) is 9.41. The molecule has 0 bridgehead atoms. The molecule has 0 atom stereocenters. The van der Waals surface area contributed by atoms with Crippen molar-refractivity contribution in [1.82, 2.24) is 9.55 Å². The molecule has 1 aromatic heterocycles. The number of hydrogen-bond donors (Lipinski definition) is 0. The minimum atomic E-state index is 0.640. The van der Waals surface area contributed by atoms with E-state index in [1.54, 1.807) is 0 Å². The van der Waals surface area contributed by atoms with Crippen molar-refractivity contribution < 1.29 is 0 Å². The van der Waals surface area contributed by atoms with Crippen LogP contribution in [0.2, 0.25) is 0 Å². The Morgan fingerprint density at radius 3 is 2.81 bits per heavy atom. The minimum Gasteiger partial charge on any atom is -0.315 e. The molecule has 3 rings (SSSR count). The predicted molar refractivity (Wildman–Crippen MR) is 69.7 cm³/mol. The Balaban J connectivity index is 2.22. The Morgan fingerprint density at radius 1 is 1.31 bits per heavy atom. The van der Waals surface area contributed by atoms with E-state index in [-0.39, 0.29) is 0 Å². The molecular formula is C13H15BrN2. The molecule has 0 saturated heterocycles. The van der Waals surface area contributed by atoms with Crippen LogP contribution in [0.1, 0.15) is 37.3 Å². The minimum absolute atomic E-state index is 0.640. The highest BCUT2D eigenvalue weighted by molar-refractivity contribution is 9.10. The second-order valence-corrected chi connectivity index (χ2v) is 5.34. The first-order valence-electron chi connectivity index (χ1n) is 5.90. The number of aromatic nitrogens is 2. The lowest BCUT2D eigenvalue weighted by Crippen LogP contribution is -2.04. The predicted octanol–water partition coefficient (Wildman–Crippen LogP) is 4.22. The summed E-state index contributed by atoms with van der Waals surface area (Å²) in [4.78, 5) is 4.64. The van der Waals surface area contributed by atoms with Gasteiger partial charge in [-0.2, -0.15) is 0 Å². The highest BCUT2D eigenvalue weighted by Gasteiger charge is 2.21. The van der Waals surface area contributed by atoms with Crippen molar-refractivity contribution in [2.75, 3.05) is 0 Å². The molecule has 2 aromatic rings. The lowest BCUT2D eigenvalue weighted by atomic mass is 10.2. The van der Waals surface area contributed by atoms with Crippen LogP contribution in [-0.4, -0.2) is 9.55 Å². The SMILES string of the molecule is Cc1cccc2c1nc(Br)n2C1CCCC1. The van der Waals surface area contributed by atoms with Gasteiger partial charge in [0.05, 0.1) is 11.0 Å². The van der Waals surface area contributed by atoms with Gasteiger partial charge in [0.25, 0.3) is 0 Å². The maximum atomic E-state index is 4.64. The van der Waals surface area contributed by atoms with Crippen LogP contribution in [0, 0.1) is 6.92 Å².